The van der Waals surface area contributed by atoms with E-state index < -0.39 is 5.91 Å². The molecule has 0 aromatic carbocycles. The summed E-state index contributed by atoms with van der Waals surface area (Å²) in [4.78, 5) is 36.7. The molecular formula is C18H21N7O3. The number of fused-ring (bicyclic) bond motifs is 1. The van der Waals surface area contributed by atoms with Gasteiger partial charge in [0.25, 0.3) is 11.1 Å². The number of nitrogens with zero attached hydrogens (tertiary/aromatic N) is 6. The van der Waals surface area contributed by atoms with E-state index in [0.29, 0.717) is 17.3 Å². The highest BCUT2D eigenvalue weighted by Crippen LogP contribution is 2.39. The van der Waals surface area contributed by atoms with Gasteiger partial charge in [0.05, 0.1) is 5.69 Å². The monoisotopic (exact) mass is 383 g/mol. The number of aryl methyl sites for hydroxylation is 1. The van der Waals surface area contributed by atoms with Crippen molar-refractivity contribution < 1.29 is 4.79 Å². The molecule has 0 radical (unpaired) electrons. The first-order valence-corrected chi connectivity index (χ1v) is 9.18. The van der Waals surface area contributed by atoms with Crippen LogP contribution in [0.4, 0.5) is 5.82 Å². The fraction of sp³-hybridized carbons (Fsp3) is 0.444. The summed E-state index contributed by atoms with van der Waals surface area (Å²) in [6.07, 6.45) is 2.16. The predicted octanol–water partition coefficient (Wildman–Crippen LogP) is 0.624. The molecule has 3 aromatic heterocycles. The molecule has 0 saturated heterocycles. The van der Waals surface area contributed by atoms with Crippen molar-refractivity contribution in [2.24, 2.45) is 7.05 Å². The van der Waals surface area contributed by atoms with Gasteiger partial charge in [-0.3, -0.25) is 14.4 Å². The van der Waals surface area contributed by atoms with Crippen LogP contribution in [0, 0.1) is 0 Å². The summed E-state index contributed by atoms with van der Waals surface area (Å²) in [7, 11) is 1.49. The van der Waals surface area contributed by atoms with Crippen LogP contribution in [0.3, 0.4) is 0 Å². The Balaban J connectivity index is 1.66. The molecular weight excluding hydrogens is 362 g/mol. The normalized spacial score (nSPS) is 14.0. The van der Waals surface area contributed by atoms with Crippen LogP contribution in [0.1, 0.15) is 50.0 Å². The van der Waals surface area contributed by atoms with E-state index in [4.69, 9.17) is 0 Å². The second kappa shape index (κ2) is 6.70. The first-order chi connectivity index (χ1) is 13.3. The van der Waals surface area contributed by atoms with Crippen molar-refractivity contribution in [1.29, 1.82) is 0 Å². The van der Waals surface area contributed by atoms with Gasteiger partial charge >= 0.3 is 0 Å². The zero-order valence-electron chi connectivity index (χ0n) is 15.9. The van der Waals surface area contributed by atoms with Gasteiger partial charge < -0.3 is 5.32 Å². The number of nitrogens with one attached hydrogen (secondary N) is 1. The van der Waals surface area contributed by atoms with Crippen LogP contribution in [0.2, 0.25) is 0 Å². The third-order valence-corrected chi connectivity index (χ3v) is 4.66. The lowest BCUT2D eigenvalue weighted by Crippen LogP contribution is -2.33. The lowest BCUT2D eigenvalue weighted by Gasteiger charge is -2.11. The maximum absolute atomic E-state index is 12.8. The predicted molar refractivity (Wildman–Crippen MR) is 101 cm³/mol. The SMILES string of the molecule is CC(C)c1nn(CC(=O)Nc2ccc(=O)n(C)n2)c(=O)c2cc(C3CC3)nn12. The van der Waals surface area contributed by atoms with Gasteiger partial charge in [0, 0.05) is 24.9 Å². The average Bonchev–Trinajstić information content (AvgIpc) is 3.39. The topological polar surface area (TPSA) is 116 Å². The zero-order chi connectivity index (χ0) is 20.0. The first-order valence-electron chi connectivity index (χ1n) is 9.18. The van der Waals surface area contributed by atoms with E-state index in [0.717, 1.165) is 27.9 Å². The molecule has 0 aliphatic heterocycles. The smallest absolute Gasteiger partial charge is 0.293 e. The molecule has 28 heavy (non-hydrogen) atoms. The molecule has 0 unspecified atom stereocenters. The Morgan fingerprint density at radius 2 is 1.96 bits per heavy atom. The van der Waals surface area contributed by atoms with Gasteiger partial charge in [-0.1, -0.05) is 13.8 Å². The fourth-order valence-electron chi connectivity index (χ4n) is 3.00. The number of carbonyl (C=O) groups excluding carboxylic acids is 1. The molecule has 10 nitrogen and oxygen atoms in total. The fourth-order valence-corrected chi connectivity index (χ4v) is 3.00. The molecule has 1 fully saturated rings. The summed E-state index contributed by atoms with van der Waals surface area (Å²) < 4.78 is 3.87. The number of aromatic nitrogens is 6. The second-order valence-corrected chi connectivity index (χ2v) is 7.34. The van der Waals surface area contributed by atoms with Crippen molar-refractivity contribution in [2.75, 3.05) is 5.32 Å². The van der Waals surface area contributed by atoms with Crippen LogP contribution in [-0.2, 0) is 18.4 Å². The molecule has 1 amide bonds. The van der Waals surface area contributed by atoms with Crippen molar-refractivity contribution in [3.8, 4) is 0 Å². The molecule has 10 heteroatoms. The Morgan fingerprint density at radius 1 is 1.21 bits per heavy atom. The van der Waals surface area contributed by atoms with Gasteiger partial charge in [0.15, 0.2) is 11.6 Å². The highest BCUT2D eigenvalue weighted by Gasteiger charge is 2.28. The lowest BCUT2D eigenvalue weighted by atomic mass is 10.2. The molecule has 3 aromatic rings. The second-order valence-electron chi connectivity index (χ2n) is 7.34. The highest BCUT2D eigenvalue weighted by atomic mass is 16.2. The summed E-state index contributed by atoms with van der Waals surface area (Å²) in [5.74, 6) is 0.823. The Bertz CT molecular complexity index is 1180. The van der Waals surface area contributed by atoms with Crippen molar-refractivity contribution in [1.82, 2.24) is 29.2 Å². The van der Waals surface area contributed by atoms with Gasteiger partial charge in [0.2, 0.25) is 5.91 Å². The average molecular weight is 383 g/mol. The van der Waals surface area contributed by atoms with Crippen molar-refractivity contribution in [2.45, 2.75) is 45.1 Å². The summed E-state index contributed by atoms with van der Waals surface area (Å²) in [5.41, 5.74) is 0.675. The Morgan fingerprint density at radius 3 is 2.61 bits per heavy atom. The van der Waals surface area contributed by atoms with Gasteiger partial charge in [-0.25, -0.2) is 13.9 Å². The third kappa shape index (κ3) is 3.32. The molecule has 146 valence electrons. The van der Waals surface area contributed by atoms with E-state index in [9.17, 15) is 14.4 Å². The molecule has 1 aliphatic rings. The van der Waals surface area contributed by atoms with Crippen LogP contribution in [0.25, 0.3) is 5.52 Å². The number of rotatable bonds is 5. The molecule has 0 bridgehead atoms. The Kier molecular flexibility index (Phi) is 4.33. The molecule has 0 atom stereocenters. The van der Waals surface area contributed by atoms with E-state index >= 15 is 0 Å². The maximum atomic E-state index is 12.8. The van der Waals surface area contributed by atoms with E-state index in [1.165, 1.54) is 19.2 Å². The highest BCUT2D eigenvalue weighted by molar-refractivity contribution is 5.89. The molecule has 1 aliphatic carbocycles. The molecule has 1 saturated carbocycles. The van der Waals surface area contributed by atoms with E-state index in [-0.39, 0.29) is 29.4 Å². The van der Waals surface area contributed by atoms with Gasteiger partial charge in [-0.05, 0) is 25.0 Å². The lowest BCUT2D eigenvalue weighted by molar-refractivity contribution is -0.117. The minimum atomic E-state index is -0.457. The number of carbonyl (C=O) groups is 1. The number of amides is 1. The maximum Gasteiger partial charge on any atom is 0.293 e. The molecule has 1 N–H and O–H groups in total. The van der Waals surface area contributed by atoms with Crippen molar-refractivity contribution >= 4 is 17.2 Å². The van der Waals surface area contributed by atoms with E-state index in [2.05, 4.69) is 20.6 Å². The number of hydrogen-bond donors (Lipinski definition) is 1. The molecule has 4 rings (SSSR count). The standard InChI is InChI=1S/C18H21N7O3/c1-10(2)17-22-24(9-15(26)19-14-6-7-16(27)23(3)21-14)18(28)13-8-12(11-4-5-11)20-25(13)17/h6-8,10-11H,4-5,9H2,1-3H3,(H,19,21,26). The van der Waals surface area contributed by atoms with Crippen LogP contribution < -0.4 is 16.4 Å². The summed E-state index contributed by atoms with van der Waals surface area (Å²) in [6, 6.07) is 4.52. The van der Waals surface area contributed by atoms with E-state index in [1.54, 1.807) is 10.6 Å². The third-order valence-electron chi connectivity index (χ3n) is 4.66. The molecule has 0 spiro atoms. The van der Waals surface area contributed by atoms with Crippen LogP contribution in [0.5, 0.6) is 0 Å². The summed E-state index contributed by atoms with van der Waals surface area (Å²) in [5, 5.41) is 15.5. The minimum absolute atomic E-state index is 0.0229. The van der Waals surface area contributed by atoms with Gasteiger partial charge in [0.1, 0.15) is 12.1 Å². The largest absolute Gasteiger partial charge is 0.308 e. The summed E-state index contributed by atoms with van der Waals surface area (Å²) in [6.45, 7) is 3.66. The summed E-state index contributed by atoms with van der Waals surface area (Å²) >= 11 is 0. The van der Waals surface area contributed by atoms with Gasteiger partial charge in [-0.15, -0.1) is 0 Å². The first kappa shape index (κ1) is 18.1. The van der Waals surface area contributed by atoms with Crippen LogP contribution in [0.15, 0.2) is 27.8 Å². The van der Waals surface area contributed by atoms with Gasteiger partial charge in [-0.2, -0.15) is 15.3 Å². The van der Waals surface area contributed by atoms with E-state index in [1.807, 2.05) is 13.8 Å². The number of hydrogen-bond acceptors (Lipinski definition) is 6. The van der Waals surface area contributed by atoms with Crippen molar-refractivity contribution in [3.63, 3.8) is 0 Å². The number of anilines is 1. The van der Waals surface area contributed by atoms with Crippen LogP contribution in [-0.4, -0.2) is 35.1 Å². The Hall–Kier alpha value is -3.30. The van der Waals surface area contributed by atoms with Crippen LogP contribution >= 0.6 is 0 Å². The molecule has 3 heterocycles. The van der Waals surface area contributed by atoms with Crippen molar-refractivity contribution in [3.05, 3.63) is 50.4 Å². The Labute approximate surface area is 159 Å². The zero-order valence-corrected chi connectivity index (χ0v) is 15.9. The minimum Gasteiger partial charge on any atom is -0.308 e. The quantitative estimate of drug-likeness (QED) is 0.691.